The fourth-order valence-electron chi connectivity index (χ4n) is 2.12. The van der Waals surface area contributed by atoms with Crippen LogP contribution in [0.15, 0.2) is 0 Å². The van der Waals surface area contributed by atoms with Crippen molar-refractivity contribution in [2.75, 3.05) is 39.3 Å². The monoisotopic (exact) mass is 254 g/mol. The van der Waals surface area contributed by atoms with Gasteiger partial charge >= 0.3 is 5.97 Å². The molecule has 1 fully saturated rings. The Labute approximate surface area is 109 Å². The van der Waals surface area contributed by atoms with Gasteiger partial charge in [-0.25, -0.2) is 0 Å². The second-order valence-electron chi connectivity index (χ2n) is 4.85. The normalized spacial score (nSPS) is 21.2. The molecule has 5 nitrogen and oxygen atoms in total. The van der Waals surface area contributed by atoms with Gasteiger partial charge in [0.15, 0.2) is 0 Å². The molecule has 1 unspecified atom stereocenters. The van der Waals surface area contributed by atoms with Gasteiger partial charge in [0.1, 0.15) is 0 Å². The van der Waals surface area contributed by atoms with Gasteiger partial charge in [-0.2, -0.15) is 0 Å². The predicted molar refractivity (Wildman–Crippen MR) is 69.4 cm³/mol. The van der Waals surface area contributed by atoms with Crippen molar-refractivity contribution in [3.05, 3.63) is 0 Å². The van der Waals surface area contributed by atoms with Crippen LogP contribution in [0.2, 0.25) is 0 Å². The van der Waals surface area contributed by atoms with E-state index >= 15 is 0 Å². The SMILES string of the molecule is C#CCN(CC(=O)O)CC1CN(C(C)C)CCO1. The molecule has 1 N–H and O–H groups in total. The van der Waals surface area contributed by atoms with Crippen LogP contribution in [0.1, 0.15) is 13.8 Å². The average molecular weight is 254 g/mol. The molecular formula is C13H22N2O3. The molecule has 1 atom stereocenters. The second kappa shape index (κ2) is 7.37. The van der Waals surface area contributed by atoms with Crippen LogP contribution < -0.4 is 0 Å². The summed E-state index contributed by atoms with van der Waals surface area (Å²) in [6.45, 7) is 7.64. The number of hydrogen-bond donors (Lipinski definition) is 1. The van der Waals surface area contributed by atoms with Crippen LogP contribution in [0.3, 0.4) is 0 Å². The van der Waals surface area contributed by atoms with E-state index in [1.807, 2.05) is 0 Å². The summed E-state index contributed by atoms with van der Waals surface area (Å²) in [6.07, 6.45) is 5.29. The van der Waals surface area contributed by atoms with E-state index in [2.05, 4.69) is 24.7 Å². The molecule has 0 bridgehead atoms. The molecule has 102 valence electrons. The molecule has 0 spiro atoms. The Kier molecular flexibility index (Phi) is 6.13. The number of aliphatic carboxylic acids is 1. The van der Waals surface area contributed by atoms with Crippen molar-refractivity contribution in [2.24, 2.45) is 0 Å². The Morgan fingerprint density at radius 2 is 2.39 bits per heavy atom. The first-order chi connectivity index (χ1) is 8.52. The first-order valence-electron chi connectivity index (χ1n) is 6.26. The van der Waals surface area contributed by atoms with Crippen molar-refractivity contribution in [3.63, 3.8) is 0 Å². The zero-order valence-electron chi connectivity index (χ0n) is 11.1. The summed E-state index contributed by atoms with van der Waals surface area (Å²) < 4.78 is 5.67. The minimum atomic E-state index is -0.859. The topological polar surface area (TPSA) is 53.0 Å². The number of carboxylic acid groups (broad SMARTS) is 1. The van der Waals surface area contributed by atoms with Crippen LogP contribution in [0.5, 0.6) is 0 Å². The van der Waals surface area contributed by atoms with E-state index in [1.165, 1.54) is 0 Å². The van der Waals surface area contributed by atoms with E-state index < -0.39 is 5.97 Å². The lowest BCUT2D eigenvalue weighted by molar-refractivity contribution is -0.138. The van der Waals surface area contributed by atoms with Crippen molar-refractivity contribution >= 4 is 5.97 Å². The van der Waals surface area contributed by atoms with E-state index in [4.69, 9.17) is 16.3 Å². The number of carbonyl (C=O) groups is 1. The molecule has 1 aliphatic rings. The van der Waals surface area contributed by atoms with Gasteiger partial charge in [0, 0.05) is 25.7 Å². The van der Waals surface area contributed by atoms with Crippen molar-refractivity contribution in [2.45, 2.75) is 26.0 Å². The van der Waals surface area contributed by atoms with Gasteiger partial charge in [-0.15, -0.1) is 6.42 Å². The predicted octanol–water partition coefficient (Wildman–Crippen LogP) is 0.115. The number of ether oxygens (including phenoxy) is 1. The Morgan fingerprint density at radius 1 is 1.67 bits per heavy atom. The zero-order chi connectivity index (χ0) is 13.5. The van der Waals surface area contributed by atoms with Gasteiger partial charge in [-0.1, -0.05) is 5.92 Å². The van der Waals surface area contributed by atoms with Crippen molar-refractivity contribution < 1.29 is 14.6 Å². The minimum Gasteiger partial charge on any atom is -0.480 e. The Bertz CT molecular complexity index is 312. The summed E-state index contributed by atoms with van der Waals surface area (Å²) in [4.78, 5) is 14.8. The van der Waals surface area contributed by atoms with Crippen LogP contribution >= 0.6 is 0 Å². The molecule has 1 rings (SSSR count). The zero-order valence-corrected chi connectivity index (χ0v) is 11.1. The van der Waals surface area contributed by atoms with Crippen LogP contribution in [-0.2, 0) is 9.53 Å². The maximum Gasteiger partial charge on any atom is 0.317 e. The molecule has 5 heteroatoms. The highest BCUT2D eigenvalue weighted by Gasteiger charge is 2.24. The standard InChI is InChI=1S/C13H22N2O3/c1-4-5-14(10-13(16)17)8-12-9-15(11(2)3)6-7-18-12/h1,11-12H,5-10H2,2-3H3,(H,16,17). The fraction of sp³-hybridized carbons (Fsp3) is 0.769. The smallest absolute Gasteiger partial charge is 0.317 e. The number of carboxylic acids is 1. The molecule has 1 saturated heterocycles. The number of nitrogens with zero attached hydrogens (tertiary/aromatic N) is 2. The molecule has 0 aromatic rings. The third-order valence-electron chi connectivity index (χ3n) is 3.04. The second-order valence-corrected chi connectivity index (χ2v) is 4.85. The highest BCUT2D eigenvalue weighted by molar-refractivity contribution is 5.69. The van der Waals surface area contributed by atoms with E-state index in [9.17, 15) is 4.79 Å². The Balaban J connectivity index is 2.47. The molecule has 0 aliphatic carbocycles. The highest BCUT2D eigenvalue weighted by Crippen LogP contribution is 2.10. The molecule has 18 heavy (non-hydrogen) atoms. The molecular weight excluding hydrogens is 232 g/mol. The van der Waals surface area contributed by atoms with Crippen LogP contribution in [0, 0.1) is 12.3 Å². The van der Waals surface area contributed by atoms with Crippen LogP contribution in [0.4, 0.5) is 0 Å². The van der Waals surface area contributed by atoms with Crippen LogP contribution in [-0.4, -0.2) is 72.4 Å². The third-order valence-corrected chi connectivity index (χ3v) is 3.04. The molecule has 0 aromatic heterocycles. The van der Waals surface area contributed by atoms with Crippen molar-refractivity contribution in [1.82, 2.24) is 9.80 Å². The average Bonchev–Trinajstić information content (AvgIpc) is 2.28. The number of hydrogen-bond acceptors (Lipinski definition) is 4. The number of morpholine rings is 1. The number of terminal acetylenes is 1. The Morgan fingerprint density at radius 3 is 2.94 bits per heavy atom. The van der Waals surface area contributed by atoms with Gasteiger partial charge in [-0.05, 0) is 13.8 Å². The summed E-state index contributed by atoms with van der Waals surface area (Å²) >= 11 is 0. The molecule has 0 aromatic carbocycles. The first-order valence-corrected chi connectivity index (χ1v) is 6.26. The highest BCUT2D eigenvalue weighted by atomic mass is 16.5. The largest absolute Gasteiger partial charge is 0.480 e. The van der Waals surface area contributed by atoms with E-state index in [0.717, 1.165) is 13.1 Å². The third kappa shape index (κ3) is 5.05. The van der Waals surface area contributed by atoms with Gasteiger partial charge in [0.05, 0.1) is 25.8 Å². The van der Waals surface area contributed by atoms with Gasteiger partial charge in [0.2, 0.25) is 0 Å². The summed E-state index contributed by atoms with van der Waals surface area (Å²) in [5.41, 5.74) is 0. The minimum absolute atomic E-state index is 0.0360. The molecule has 0 amide bonds. The van der Waals surface area contributed by atoms with E-state index in [1.54, 1.807) is 4.90 Å². The lowest BCUT2D eigenvalue weighted by Gasteiger charge is -2.37. The molecule has 1 heterocycles. The Hall–Kier alpha value is -1.09. The summed E-state index contributed by atoms with van der Waals surface area (Å²) in [5, 5.41) is 8.82. The van der Waals surface area contributed by atoms with E-state index in [-0.39, 0.29) is 12.6 Å². The van der Waals surface area contributed by atoms with Gasteiger partial charge < -0.3 is 9.84 Å². The molecule has 0 radical (unpaired) electrons. The molecule has 1 aliphatic heterocycles. The summed E-state index contributed by atoms with van der Waals surface area (Å²) in [6, 6.07) is 0.483. The van der Waals surface area contributed by atoms with Crippen molar-refractivity contribution in [1.29, 1.82) is 0 Å². The van der Waals surface area contributed by atoms with Crippen LogP contribution in [0.25, 0.3) is 0 Å². The van der Waals surface area contributed by atoms with Gasteiger partial charge in [-0.3, -0.25) is 14.6 Å². The van der Waals surface area contributed by atoms with Crippen molar-refractivity contribution in [3.8, 4) is 12.3 Å². The molecule has 0 saturated carbocycles. The van der Waals surface area contributed by atoms with E-state index in [0.29, 0.717) is 25.7 Å². The first kappa shape index (κ1) is 15.0. The fourth-order valence-corrected chi connectivity index (χ4v) is 2.12. The maximum absolute atomic E-state index is 10.7. The number of rotatable bonds is 6. The maximum atomic E-state index is 10.7. The quantitative estimate of drug-likeness (QED) is 0.682. The summed E-state index contributed by atoms with van der Waals surface area (Å²) in [5.74, 6) is 1.63. The lowest BCUT2D eigenvalue weighted by Crippen LogP contribution is -2.50. The summed E-state index contributed by atoms with van der Waals surface area (Å²) in [7, 11) is 0. The van der Waals surface area contributed by atoms with Gasteiger partial charge in [0.25, 0.3) is 0 Å². The lowest BCUT2D eigenvalue weighted by atomic mass is 10.2.